The standard InChI is InChI=1S/C18H28N2O4/c1-17(2,3)24-16(22)20-18(4,11-15(21)23-5)13-19-12-14-9-7-6-8-10-14/h6-10,19H,11-13H2,1-5H3,(H,20,22). The van der Waals surface area contributed by atoms with Gasteiger partial charge in [-0.3, -0.25) is 4.79 Å². The molecule has 0 saturated carbocycles. The fourth-order valence-corrected chi connectivity index (χ4v) is 2.17. The van der Waals surface area contributed by atoms with E-state index in [-0.39, 0.29) is 6.42 Å². The van der Waals surface area contributed by atoms with E-state index in [4.69, 9.17) is 9.47 Å². The van der Waals surface area contributed by atoms with Crippen LogP contribution in [-0.4, -0.2) is 36.9 Å². The van der Waals surface area contributed by atoms with Gasteiger partial charge >= 0.3 is 12.1 Å². The number of carbonyl (C=O) groups is 2. The van der Waals surface area contributed by atoms with Crippen molar-refractivity contribution in [1.29, 1.82) is 0 Å². The van der Waals surface area contributed by atoms with Crippen molar-refractivity contribution in [2.75, 3.05) is 13.7 Å². The van der Waals surface area contributed by atoms with Crippen LogP contribution in [0, 0.1) is 0 Å². The molecule has 0 bridgehead atoms. The highest BCUT2D eigenvalue weighted by atomic mass is 16.6. The quantitative estimate of drug-likeness (QED) is 0.749. The van der Waals surface area contributed by atoms with Gasteiger partial charge in [-0.1, -0.05) is 30.3 Å². The molecule has 0 radical (unpaired) electrons. The van der Waals surface area contributed by atoms with Gasteiger partial charge in [-0.2, -0.15) is 0 Å². The zero-order valence-corrected chi connectivity index (χ0v) is 15.1. The topological polar surface area (TPSA) is 76.7 Å². The zero-order valence-electron chi connectivity index (χ0n) is 15.1. The fraction of sp³-hybridized carbons (Fsp3) is 0.556. The first-order valence-corrected chi connectivity index (χ1v) is 7.96. The van der Waals surface area contributed by atoms with E-state index in [9.17, 15) is 9.59 Å². The van der Waals surface area contributed by atoms with Gasteiger partial charge in [-0.15, -0.1) is 0 Å². The molecule has 2 N–H and O–H groups in total. The summed E-state index contributed by atoms with van der Waals surface area (Å²) in [6.45, 7) is 8.18. The van der Waals surface area contributed by atoms with E-state index in [1.807, 2.05) is 30.3 Å². The maximum absolute atomic E-state index is 12.1. The number of ether oxygens (including phenoxy) is 2. The third-order valence-electron chi connectivity index (χ3n) is 3.25. The summed E-state index contributed by atoms with van der Waals surface area (Å²) in [5, 5.41) is 6.04. The molecule has 0 aromatic heterocycles. The summed E-state index contributed by atoms with van der Waals surface area (Å²) in [5.41, 5.74) is -0.298. The van der Waals surface area contributed by atoms with E-state index in [1.165, 1.54) is 7.11 Å². The van der Waals surface area contributed by atoms with E-state index >= 15 is 0 Å². The molecule has 0 fully saturated rings. The number of carbonyl (C=O) groups excluding carboxylic acids is 2. The van der Waals surface area contributed by atoms with Crippen molar-refractivity contribution < 1.29 is 19.1 Å². The molecule has 6 nitrogen and oxygen atoms in total. The SMILES string of the molecule is COC(=O)CC(C)(CNCc1ccccc1)NC(=O)OC(C)(C)C. The molecule has 1 amide bonds. The first kappa shape index (κ1) is 20.0. The molecule has 0 heterocycles. The number of benzene rings is 1. The predicted octanol–water partition coefficient (Wildman–Crippen LogP) is 2.62. The van der Waals surface area contributed by atoms with Crippen LogP contribution in [0.15, 0.2) is 30.3 Å². The second-order valence-electron chi connectivity index (χ2n) is 7.03. The van der Waals surface area contributed by atoms with Crippen molar-refractivity contribution in [3.05, 3.63) is 35.9 Å². The number of nitrogens with one attached hydrogen (secondary N) is 2. The molecule has 134 valence electrons. The number of amides is 1. The monoisotopic (exact) mass is 336 g/mol. The Labute approximate surface area is 143 Å². The molecular weight excluding hydrogens is 308 g/mol. The molecule has 24 heavy (non-hydrogen) atoms. The van der Waals surface area contributed by atoms with E-state index in [2.05, 4.69) is 10.6 Å². The second kappa shape index (κ2) is 8.68. The van der Waals surface area contributed by atoms with E-state index in [0.29, 0.717) is 13.1 Å². The molecule has 1 unspecified atom stereocenters. The first-order valence-electron chi connectivity index (χ1n) is 7.96. The van der Waals surface area contributed by atoms with Gasteiger partial charge in [-0.25, -0.2) is 4.79 Å². The van der Waals surface area contributed by atoms with Gasteiger partial charge in [0.2, 0.25) is 0 Å². The van der Waals surface area contributed by atoms with Crippen LogP contribution in [0.5, 0.6) is 0 Å². The lowest BCUT2D eigenvalue weighted by Crippen LogP contribution is -2.54. The molecule has 0 saturated heterocycles. The minimum absolute atomic E-state index is 0.0462. The molecule has 1 rings (SSSR count). The fourth-order valence-electron chi connectivity index (χ4n) is 2.17. The van der Waals surface area contributed by atoms with Gasteiger partial charge in [0.05, 0.1) is 19.1 Å². The zero-order chi connectivity index (χ0) is 18.2. The summed E-state index contributed by atoms with van der Waals surface area (Å²) < 4.78 is 10.0. The maximum Gasteiger partial charge on any atom is 0.408 e. The van der Waals surface area contributed by atoms with Crippen molar-refractivity contribution >= 4 is 12.1 Å². The Morgan fingerprint density at radius 3 is 2.25 bits per heavy atom. The van der Waals surface area contributed by atoms with Crippen molar-refractivity contribution in [3.8, 4) is 0 Å². The molecule has 0 aliphatic heterocycles. The third kappa shape index (κ3) is 7.97. The van der Waals surface area contributed by atoms with Crippen LogP contribution < -0.4 is 10.6 Å². The summed E-state index contributed by atoms with van der Waals surface area (Å²) in [6, 6.07) is 9.89. The molecule has 1 atom stereocenters. The van der Waals surface area contributed by atoms with Crippen LogP contribution in [0.1, 0.15) is 39.7 Å². The smallest absolute Gasteiger partial charge is 0.408 e. The second-order valence-corrected chi connectivity index (χ2v) is 7.03. The Hall–Kier alpha value is -2.08. The third-order valence-corrected chi connectivity index (χ3v) is 3.25. The van der Waals surface area contributed by atoms with Crippen LogP contribution in [0.3, 0.4) is 0 Å². The van der Waals surface area contributed by atoms with Gasteiger partial charge in [0.15, 0.2) is 0 Å². The highest BCUT2D eigenvalue weighted by Gasteiger charge is 2.31. The van der Waals surface area contributed by atoms with Gasteiger partial charge in [-0.05, 0) is 33.3 Å². The number of esters is 1. The molecule has 1 aromatic rings. The summed E-state index contributed by atoms with van der Waals surface area (Å²) in [4.78, 5) is 23.7. The van der Waals surface area contributed by atoms with Crippen molar-refractivity contribution in [1.82, 2.24) is 10.6 Å². The molecule has 6 heteroatoms. The van der Waals surface area contributed by atoms with Crippen LogP contribution in [0.2, 0.25) is 0 Å². The summed E-state index contributed by atoms with van der Waals surface area (Å²) in [5.74, 6) is -0.393. The average Bonchev–Trinajstić information content (AvgIpc) is 2.45. The van der Waals surface area contributed by atoms with Crippen LogP contribution in [-0.2, 0) is 20.8 Å². The minimum atomic E-state index is -0.815. The van der Waals surface area contributed by atoms with Gasteiger partial charge in [0.25, 0.3) is 0 Å². The lowest BCUT2D eigenvalue weighted by molar-refractivity contribution is -0.142. The normalized spacial score (nSPS) is 13.7. The summed E-state index contributed by atoms with van der Waals surface area (Å²) >= 11 is 0. The molecule has 1 aromatic carbocycles. The van der Waals surface area contributed by atoms with Crippen molar-refractivity contribution in [2.45, 2.75) is 51.8 Å². The maximum atomic E-state index is 12.1. The van der Waals surface area contributed by atoms with Gasteiger partial charge in [0, 0.05) is 13.1 Å². The van der Waals surface area contributed by atoms with Crippen LogP contribution >= 0.6 is 0 Å². The van der Waals surface area contributed by atoms with E-state index in [1.54, 1.807) is 27.7 Å². The molecule has 0 aliphatic carbocycles. The van der Waals surface area contributed by atoms with Gasteiger partial charge < -0.3 is 20.1 Å². The summed E-state index contributed by atoms with van der Waals surface area (Å²) in [7, 11) is 1.33. The Kier molecular flexibility index (Phi) is 7.22. The largest absolute Gasteiger partial charge is 0.469 e. The number of rotatable bonds is 7. The average molecular weight is 336 g/mol. The lowest BCUT2D eigenvalue weighted by atomic mass is 9.97. The number of hydrogen-bond donors (Lipinski definition) is 2. The van der Waals surface area contributed by atoms with Crippen LogP contribution in [0.4, 0.5) is 4.79 Å². The summed E-state index contributed by atoms with van der Waals surface area (Å²) in [6.07, 6.45) is -0.514. The highest BCUT2D eigenvalue weighted by molar-refractivity contribution is 5.74. The van der Waals surface area contributed by atoms with Gasteiger partial charge in [0.1, 0.15) is 5.60 Å². The highest BCUT2D eigenvalue weighted by Crippen LogP contribution is 2.13. The Balaban J connectivity index is 2.67. The minimum Gasteiger partial charge on any atom is -0.469 e. The Bertz CT molecular complexity index is 540. The lowest BCUT2D eigenvalue weighted by Gasteiger charge is -2.31. The molecule has 0 spiro atoms. The van der Waals surface area contributed by atoms with Crippen molar-refractivity contribution in [2.24, 2.45) is 0 Å². The Morgan fingerprint density at radius 1 is 1.08 bits per heavy atom. The first-order chi connectivity index (χ1) is 11.1. The number of methoxy groups -OCH3 is 1. The number of hydrogen-bond acceptors (Lipinski definition) is 5. The van der Waals surface area contributed by atoms with E-state index < -0.39 is 23.2 Å². The molecular formula is C18H28N2O4. The van der Waals surface area contributed by atoms with E-state index in [0.717, 1.165) is 5.56 Å². The predicted molar refractivity (Wildman–Crippen MR) is 92.6 cm³/mol. The Morgan fingerprint density at radius 2 is 1.71 bits per heavy atom. The van der Waals surface area contributed by atoms with Crippen molar-refractivity contribution in [3.63, 3.8) is 0 Å². The number of alkyl carbamates (subject to hydrolysis) is 1. The van der Waals surface area contributed by atoms with Crippen LogP contribution in [0.25, 0.3) is 0 Å². The molecule has 0 aliphatic rings.